The van der Waals surface area contributed by atoms with Gasteiger partial charge in [-0.1, -0.05) is 38.6 Å². The van der Waals surface area contributed by atoms with E-state index in [4.69, 9.17) is 10.7 Å². The number of rotatable bonds is 4. The predicted octanol–water partition coefficient (Wildman–Crippen LogP) is 4.16. The van der Waals surface area contributed by atoms with Crippen molar-refractivity contribution in [1.82, 2.24) is 15.0 Å². The average Bonchev–Trinajstić information content (AvgIpc) is 2.64. The Labute approximate surface area is 169 Å². The van der Waals surface area contributed by atoms with Crippen LogP contribution in [0.3, 0.4) is 0 Å². The summed E-state index contributed by atoms with van der Waals surface area (Å²) in [6.07, 6.45) is 5.89. The van der Waals surface area contributed by atoms with E-state index < -0.39 is 0 Å². The molecule has 3 heterocycles. The van der Waals surface area contributed by atoms with E-state index in [-0.39, 0.29) is 17.1 Å². The van der Waals surface area contributed by atoms with Gasteiger partial charge in [0.05, 0.1) is 0 Å². The number of aromatic nitrogens is 3. The lowest BCUT2D eigenvalue weighted by Crippen LogP contribution is -2.34. The van der Waals surface area contributed by atoms with E-state index in [2.05, 4.69) is 36.1 Å². The minimum atomic E-state index is -0.284. The molecule has 2 aliphatic rings. The fourth-order valence-electron chi connectivity index (χ4n) is 4.05. The lowest BCUT2D eigenvalue weighted by molar-refractivity contribution is -0.118. The molecule has 1 unspecified atom stereocenters. The number of ketones is 1. The highest BCUT2D eigenvalue weighted by atomic mass is 32.2. The van der Waals surface area contributed by atoms with Crippen molar-refractivity contribution in [3.05, 3.63) is 46.9 Å². The van der Waals surface area contributed by atoms with E-state index in [1.165, 1.54) is 0 Å². The second kappa shape index (κ2) is 7.20. The van der Waals surface area contributed by atoms with Crippen LogP contribution >= 0.6 is 11.8 Å². The van der Waals surface area contributed by atoms with Crippen molar-refractivity contribution >= 4 is 29.2 Å². The summed E-state index contributed by atoms with van der Waals surface area (Å²) >= 11 is 1.60. The third-order valence-electron chi connectivity index (χ3n) is 5.17. The standard InChI is InChI=1S/C21H25N5OS/c1-4-8-28-20-25-18(22)17-15(12-6-5-7-23-11-12)16-13(24-19(17)26-20)9-21(2,3)10-14(16)27/h5-7,11,15H,4,8-10H2,1-3H3,(H3,22,24,25,26). The quantitative estimate of drug-likeness (QED) is 0.593. The first-order valence-electron chi connectivity index (χ1n) is 9.63. The molecule has 0 radical (unpaired) electrons. The lowest BCUT2D eigenvalue weighted by Gasteiger charge is -2.39. The maximum atomic E-state index is 13.2. The number of hydrogen-bond acceptors (Lipinski definition) is 7. The van der Waals surface area contributed by atoms with Crippen LogP contribution < -0.4 is 11.1 Å². The molecule has 146 valence electrons. The first-order chi connectivity index (χ1) is 13.4. The summed E-state index contributed by atoms with van der Waals surface area (Å²) < 4.78 is 0. The second-order valence-electron chi connectivity index (χ2n) is 8.18. The van der Waals surface area contributed by atoms with Crippen molar-refractivity contribution in [2.45, 2.75) is 51.1 Å². The van der Waals surface area contributed by atoms with E-state index >= 15 is 0 Å². The largest absolute Gasteiger partial charge is 0.383 e. The highest BCUT2D eigenvalue weighted by molar-refractivity contribution is 7.99. The molecule has 6 nitrogen and oxygen atoms in total. The van der Waals surface area contributed by atoms with Crippen molar-refractivity contribution in [3.63, 3.8) is 0 Å². The van der Waals surface area contributed by atoms with Crippen LogP contribution in [0.1, 0.15) is 57.1 Å². The maximum Gasteiger partial charge on any atom is 0.191 e. The number of nitrogen functional groups attached to an aromatic ring is 1. The van der Waals surface area contributed by atoms with Crippen LogP contribution in [-0.2, 0) is 4.79 Å². The van der Waals surface area contributed by atoms with E-state index in [0.717, 1.165) is 41.0 Å². The number of nitrogens with one attached hydrogen (secondary N) is 1. The van der Waals surface area contributed by atoms with Gasteiger partial charge in [0.25, 0.3) is 0 Å². The number of hydrogen-bond donors (Lipinski definition) is 2. The van der Waals surface area contributed by atoms with Gasteiger partial charge in [0.15, 0.2) is 10.9 Å². The summed E-state index contributed by atoms with van der Waals surface area (Å²) in [6, 6.07) is 3.88. The van der Waals surface area contributed by atoms with Gasteiger partial charge in [-0.2, -0.15) is 0 Å². The number of pyridine rings is 1. The Bertz CT molecular complexity index is 955. The number of nitrogens with zero attached hydrogens (tertiary/aromatic N) is 3. The van der Waals surface area contributed by atoms with Crippen molar-refractivity contribution in [2.24, 2.45) is 5.41 Å². The molecule has 1 aliphatic heterocycles. The van der Waals surface area contributed by atoms with Crippen molar-refractivity contribution in [2.75, 3.05) is 16.8 Å². The lowest BCUT2D eigenvalue weighted by atomic mass is 9.69. The molecule has 0 aromatic carbocycles. The second-order valence-corrected chi connectivity index (χ2v) is 9.24. The molecule has 1 atom stereocenters. The van der Waals surface area contributed by atoms with Crippen LogP contribution in [0.5, 0.6) is 0 Å². The van der Waals surface area contributed by atoms with Crippen molar-refractivity contribution < 1.29 is 4.79 Å². The van der Waals surface area contributed by atoms with Gasteiger partial charge < -0.3 is 11.1 Å². The van der Waals surface area contributed by atoms with Crippen molar-refractivity contribution in [3.8, 4) is 0 Å². The smallest absolute Gasteiger partial charge is 0.191 e. The van der Waals surface area contributed by atoms with Crippen LogP contribution in [0.2, 0.25) is 0 Å². The molecule has 0 spiro atoms. The number of carbonyl (C=O) groups is 1. The Morgan fingerprint density at radius 3 is 2.86 bits per heavy atom. The molecule has 0 saturated carbocycles. The molecular formula is C21H25N5OS. The summed E-state index contributed by atoms with van der Waals surface area (Å²) in [5, 5.41) is 4.10. The topological polar surface area (TPSA) is 93.8 Å². The molecule has 1 aliphatic carbocycles. The van der Waals surface area contributed by atoms with Gasteiger partial charge >= 0.3 is 0 Å². The number of anilines is 2. The Morgan fingerprint density at radius 1 is 1.32 bits per heavy atom. The maximum absolute atomic E-state index is 13.2. The van der Waals surface area contributed by atoms with E-state index in [1.807, 2.05) is 12.1 Å². The van der Waals surface area contributed by atoms with Gasteiger partial charge in [0, 0.05) is 47.3 Å². The Balaban J connectivity index is 1.89. The van der Waals surface area contributed by atoms with Crippen LogP contribution in [0.4, 0.5) is 11.6 Å². The van der Waals surface area contributed by atoms with Crippen molar-refractivity contribution in [1.29, 1.82) is 0 Å². The highest BCUT2D eigenvalue weighted by Crippen LogP contribution is 2.49. The van der Waals surface area contributed by atoms with E-state index in [0.29, 0.717) is 23.2 Å². The van der Waals surface area contributed by atoms with Gasteiger partial charge in [0.1, 0.15) is 11.6 Å². The van der Waals surface area contributed by atoms with Crippen LogP contribution in [0.15, 0.2) is 41.0 Å². The number of Topliss-reactive ketones (excluding diaryl/α,β-unsaturated/α-hetero) is 1. The predicted molar refractivity (Wildman–Crippen MR) is 112 cm³/mol. The van der Waals surface area contributed by atoms with Gasteiger partial charge in [-0.3, -0.25) is 9.78 Å². The van der Waals surface area contributed by atoms with Gasteiger partial charge in [-0.05, 0) is 29.9 Å². The summed E-state index contributed by atoms with van der Waals surface area (Å²) in [5.74, 6) is 1.94. The fraction of sp³-hybridized carbons (Fsp3) is 0.429. The Hall–Kier alpha value is -2.41. The Morgan fingerprint density at radius 2 is 2.14 bits per heavy atom. The molecular weight excluding hydrogens is 370 g/mol. The first-order valence-corrected chi connectivity index (χ1v) is 10.6. The third kappa shape index (κ3) is 3.39. The fourth-order valence-corrected chi connectivity index (χ4v) is 4.76. The van der Waals surface area contributed by atoms with Gasteiger partial charge in [-0.25, -0.2) is 9.97 Å². The zero-order valence-corrected chi connectivity index (χ0v) is 17.3. The molecule has 0 amide bonds. The molecule has 7 heteroatoms. The first kappa shape index (κ1) is 18.9. The number of allylic oxidation sites excluding steroid dienone is 2. The highest BCUT2D eigenvalue weighted by Gasteiger charge is 2.42. The van der Waals surface area contributed by atoms with Crippen LogP contribution in [0, 0.1) is 5.41 Å². The molecule has 0 bridgehead atoms. The molecule has 2 aromatic heterocycles. The third-order valence-corrected chi connectivity index (χ3v) is 6.23. The number of nitrogens with two attached hydrogens (primary N) is 1. The molecule has 28 heavy (non-hydrogen) atoms. The van der Waals surface area contributed by atoms with Gasteiger partial charge in [0.2, 0.25) is 0 Å². The van der Waals surface area contributed by atoms with Crippen LogP contribution in [0.25, 0.3) is 0 Å². The number of carbonyl (C=O) groups excluding carboxylic acids is 1. The SMILES string of the molecule is CCCSc1nc(N)c2c(n1)NC1=C(C(=O)CC(C)(C)C1)C2c1cccnc1. The molecule has 0 fully saturated rings. The van der Waals surface area contributed by atoms with E-state index in [9.17, 15) is 4.79 Å². The van der Waals surface area contributed by atoms with Gasteiger partial charge in [-0.15, -0.1) is 0 Å². The summed E-state index contributed by atoms with van der Waals surface area (Å²) in [5.41, 5.74) is 9.77. The zero-order chi connectivity index (χ0) is 19.9. The summed E-state index contributed by atoms with van der Waals surface area (Å²) in [4.78, 5) is 26.7. The minimum absolute atomic E-state index is 0.0850. The summed E-state index contributed by atoms with van der Waals surface area (Å²) in [7, 11) is 0. The van der Waals surface area contributed by atoms with Crippen LogP contribution in [-0.4, -0.2) is 26.5 Å². The average molecular weight is 396 g/mol. The van der Waals surface area contributed by atoms with E-state index in [1.54, 1.807) is 24.2 Å². The minimum Gasteiger partial charge on any atom is -0.383 e. The molecule has 3 N–H and O–H groups in total. The Kier molecular flexibility index (Phi) is 4.87. The zero-order valence-electron chi connectivity index (χ0n) is 16.5. The number of thioether (sulfide) groups is 1. The monoisotopic (exact) mass is 395 g/mol. The normalized spacial score (nSPS) is 20.4. The molecule has 2 aromatic rings. The summed E-state index contributed by atoms with van der Waals surface area (Å²) in [6.45, 7) is 6.38. The molecule has 0 saturated heterocycles. The molecule has 4 rings (SSSR count). The number of fused-ring (bicyclic) bond motifs is 1.